The Bertz CT molecular complexity index is 1020. The maximum absolute atomic E-state index is 10.8. The Hall–Kier alpha value is -3.00. The number of aliphatic hydroxyl groups excluding tert-OH is 1. The van der Waals surface area contributed by atoms with Crippen LogP contribution in [0.25, 0.3) is 0 Å². The molecule has 0 bridgehead atoms. The van der Waals surface area contributed by atoms with Gasteiger partial charge < -0.3 is 14.4 Å². The second-order valence-corrected chi connectivity index (χ2v) is 7.43. The average Bonchev–Trinajstić information content (AvgIpc) is 3.20. The van der Waals surface area contributed by atoms with Crippen LogP contribution in [0.2, 0.25) is 0 Å². The average molecular weight is 406 g/mol. The van der Waals surface area contributed by atoms with E-state index < -0.39 is 11.3 Å². The van der Waals surface area contributed by atoms with Crippen molar-refractivity contribution in [2.24, 2.45) is 5.10 Å². The molecule has 0 saturated heterocycles. The zero-order valence-electron chi connectivity index (χ0n) is 15.6. The SMILES string of the molecule is O=S([O-])Nc1ccc(N2N=C(c3ccccc3)CC2c2ccc(CO)cc2)cc1. The van der Waals surface area contributed by atoms with Crippen molar-refractivity contribution in [2.45, 2.75) is 19.1 Å². The van der Waals surface area contributed by atoms with Gasteiger partial charge in [-0.25, -0.2) is 0 Å². The molecule has 0 aromatic heterocycles. The van der Waals surface area contributed by atoms with E-state index in [-0.39, 0.29) is 12.6 Å². The van der Waals surface area contributed by atoms with E-state index >= 15 is 0 Å². The Morgan fingerprint density at radius 2 is 1.72 bits per heavy atom. The van der Waals surface area contributed by atoms with Crippen molar-refractivity contribution >= 4 is 28.4 Å². The van der Waals surface area contributed by atoms with Crippen molar-refractivity contribution in [3.63, 3.8) is 0 Å². The molecule has 29 heavy (non-hydrogen) atoms. The van der Waals surface area contributed by atoms with E-state index in [0.717, 1.165) is 34.5 Å². The standard InChI is InChI=1S/C22H21N3O3S/c26-15-16-6-8-18(9-7-16)22-14-21(17-4-2-1-3-5-17)23-25(22)20-12-10-19(11-13-20)24-29(27)28/h1-13,22,24,26H,14-15H2,(H,27,28)/p-1. The Kier molecular flexibility index (Phi) is 5.71. The molecule has 4 rings (SSSR count). The van der Waals surface area contributed by atoms with Crippen molar-refractivity contribution in [3.05, 3.63) is 95.6 Å². The van der Waals surface area contributed by atoms with Gasteiger partial charge in [0, 0.05) is 23.4 Å². The third-order valence-corrected chi connectivity index (χ3v) is 5.30. The van der Waals surface area contributed by atoms with Crippen LogP contribution in [0, 0.1) is 0 Å². The summed E-state index contributed by atoms with van der Waals surface area (Å²) in [6, 6.07) is 25.1. The number of hydrogen-bond acceptors (Lipinski definition) is 5. The van der Waals surface area contributed by atoms with Crippen LogP contribution < -0.4 is 9.73 Å². The molecule has 0 aliphatic carbocycles. The quantitative estimate of drug-likeness (QED) is 0.611. The number of rotatable bonds is 6. The topological polar surface area (TPSA) is 88.0 Å². The molecule has 3 aromatic carbocycles. The molecular formula is C22H20N3O3S-. The molecule has 0 fully saturated rings. The summed E-state index contributed by atoms with van der Waals surface area (Å²) in [5.74, 6) is 0. The first-order valence-corrected chi connectivity index (χ1v) is 10.3. The van der Waals surface area contributed by atoms with Crippen molar-refractivity contribution in [2.75, 3.05) is 9.73 Å². The lowest BCUT2D eigenvalue weighted by Gasteiger charge is -2.24. The molecule has 0 amide bonds. The first-order chi connectivity index (χ1) is 14.1. The molecule has 1 aliphatic rings. The molecule has 0 saturated carbocycles. The normalized spacial score (nSPS) is 17.1. The highest BCUT2D eigenvalue weighted by molar-refractivity contribution is 7.80. The van der Waals surface area contributed by atoms with Crippen LogP contribution in [0.3, 0.4) is 0 Å². The van der Waals surface area contributed by atoms with E-state index in [1.54, 1.807) is 12.1 Å². The van der Waals surface area contributed by atoms with Gasteiger partial charge in [-0.2, -0.15) is 5.10 Å². The summed E-state index contributed by atoms with van der Waals surface area (Å²) < 4.78 is 24.0. The highest BCUT2D eigenvalue weighted by Gasteiger charge is 2.29. The number of hydrazone groups is 1. The number of nitrogens with zero attached hydrogens (tertiary/aromatic N) is 2. The maximum atomic E-state index is 10.8. The van der Waals surface area contributed by atoms with Gasteiger partial charge in [0.25, 0.3) is 0 Å². The number of nitrogens with one attached hydrogen (secondary N) is 1. The summed E-state index contributed by atoms with van der Waals surface area (Å²) in [5, 5.41) is 16.2. The highest BCUT2D eigenvalue weighted by Crippen LogP contribution is 2.37. The summed E-state index contributed by atoms with van der Waals surface area (Å²) in [7, 11) is 0. The lowest BCUT2D eigenvalue weighted by molar-refractivity contribution is 0.282. The van der Waals surface area contributed by atoms with Crippen molar-refractivity contribution in [1.82, 2.24) is 0 Å². The molecule has 148 valence electrons. The van der Waals surface area contributed by atoms with Crippen molar-refractivity contribution in [1.29, 1.82) is 0 Å². The summed E-state index contributed by atoms with van der Waals surface area (Å²) in [4.78, 5) is 0. The molecule has 1 aliphatic heterocycles. The van der Waals surface area contributed by atoms with E-state index in [9.17, 15) is 13.9 Å². The first-order valence-electron chi connectivity index (χ1n) is 9.22. The second kappa shape index (κ2) is 8.57. The van der Waals surface area contributed by atoms with E-state index in [1.807, 2.05) is 71.7 Å². The lowest BCUT2D eigenvalue weighted by Crippen LogP contribution is -2.18. The van der Waals surface area contributed by atoms with Gasteiger partial charge in [-0.1, -0.05) is 54.6 Å². The van der Waals surface area contributed by atoms with Crippen LogP contribution >= 0.6 is 0 Å². The fourth-order valence-electron chi connectivity index (χ4n) is 3.44. The Morgan fingerprint density at radius 1 is 1.03 bits per heavy atom. The monoisotopic (exact) mass is 406 g/mol. The third kappa shape index (κ3) is 4.37. The molecule has 7 heteroatoms. The maximum Gasteiger partial charge on any atom is 0.0831 e. The highest BCUT2D eigenvalue weighted by atomic mass is 32.2. The van der Waals surface area contributed by atoms with Crippen LogP contribution in [-0.2, 0) is 17.9 Å². The largest absolute Gasteiger partial charge is 0.755 e. The van der Waals surface area contributed by atoms with Crippen molar-refractivity contribution < 1.29 is 13.9 Å². The van der Waals surface area contributed by atoms with Gasteiger partial charge in [-0.15, -0.1) is 0 Å². The predicted molar refractivity (Wildman–Crippen MR) is 114 cm³/mol. The van der Waals surface area contributed by atoms with Gasteiger partial charge in [-0.3, -0.25) is 9.22 Å². The number of aliphatic hydroxyl groups is 1. The smallest absolute Gasteiger partial charge is 0.0831 e. The Morgan fingerprint density at radius 3 is 2.34 bits per heavy atom. The van der Waals surface area contributed by atoms with Gasteiger partial charge in [0.2, 0.25) is 0 Å². The van der Waals surface area contributed by atoms with E-state index in [4.69, 9.17) is 5.10 Å². The molecule has 0 radical (unpaired) electrons. The van der Waals surface area contributed by atoms with E-state index in [2.05, 4.69) is 4.72 Å². The van der Waals surface area contributed by atoms with Gasteiger partial charge in [0.15, 0.2) is 0 Å². The minimum Gasteiger partial charge on any atom is -0.755 e. The van der Waals surface area contributed by atoms with Gasteiger partial charge in [0.1, 0.15) is 0 Å². The summed E-state index contributed by atoms with van der Waals surface area (Å²) in [6.45, 7) is 0.00989. The molecule has 3 aromatic rings. The molecule has 6 nitrogen and oxygen atoms in total. The molecule has 2 atom stereocenters. The number of anilines is 2. The van der Waals surface area contributed by atoms with Crippen LogP contribution in [-0.4, -0.2) is 19.6 Å². The second-order valence-electron chi connectivity index (χ2n) is 6.76. The van der Waals surface area contributed by atoms with Crippen LogP contribution in [0.15, 0.2) is 84.0 Å². The van der Waals surface area contributed by atoms with Crippen LogP contribution in [0.1, 0.15) is 29.2 Å². The first kappa shape index (κ1) is 19.3. The molecule has 2 N–H and O–H groups in total. The molecule has 0 spiro atoms. The third-order valence-electron chi connectivity index (χ3n) is 4.90. The molecule has 1 heterocycles. The minimum atomic E-state index is -2.36. The van der Waals surface area contributed by atoms with Crippen LogP contribution in [0.4, 0.5) is 11.4 Å². The van der Waals surface area contributed by atoms with Gasteiger partial charge in [0.05, 0.1) is 24.0 Å². The van der Waals surface area contributed by atoms with E-state index in [0.29, 0.717) is 5.69 Å². The molecular weight excluding hydrogens is 386 g/mol. The number of benzene rings is 3. The molecule has 2 unspecified atom stereocenters. The minimum absolute atomic E-state index is 0.00500. The van der Waals surface area contributed by atoms with E-state index in [1.165, 1.54) is 0 Å². The van der Waals surface area contributed by atoms with Crippen molar-refractivity contribution in [3.8, 4) is 0 Å². The van der Waals surface area contributed by atoms with Gasteiger partial charge >= 0.3 is 0 Å². The van der Waals surface area contributed by atoms with Crippen LogP contribution in [0.5, 0.6) is 0 Å². The Labute approximate surface area is 171 Å². The fourth-order valence-corrected chi connectivity index (χ4v) is 3.77. The predicted octanol–water partition coefficient (Wildman–Crippen LogP) is 3.74. The zero-order chi connectivity index (χ0) is 20.2. The number of hydrogen-bond donors (Lipinski definition) is 2. The Balaban J connectivity index is 1.68. The summed E-state index contributed by atoms with van der Waals surface area (Å²) in [5.41, 5.74) is 5.40. The zero-order valence-corrected chi connectivity index (χ0v) is 16.4. The summed E-state index contributed by atoms with van der Waals surface area (Å²) >= 11 is -2.36. The lowest BCUT2D eigenvalue weighted by atomic mass is 9.97. The van der Waals surface area contributed by atoms with Gasteiger partial charge in [-0.05, 0) is 41.0 Å². The fraction of sp³-hybridized carbons (Fsp3) is 0.136. The summed E-state index contributed by atoms with van der Waals surface area (Å²) in [6.07, 6.45) is 0.743.